The molecule has 3 rings (SSSR count). The number of hydrogen-bond acceptors (Lipinski definition) is 6. The molecule has 2 heterocycles. The fourth-order valence-electron chi connectivity index (χ4n) is 2.40. The second-order valence-electron chi connectivity index (χ2n) is 5.53. The second kappa shape index (κ2) is 7.81. The van der Waals surface area contributed by atoms with E-state index >= 15 is 0 Å². The molecule has 1 aromatic carbocycles. The summed E-state index contributed by atoms with van der Waals surface area (Å²) in [6.07, 6.45) is 4.04. The first-order valence-corrected chi connectivity index (χ1v) is 9.73. The van der Waals surface area contributed by atoms with Gasteiger partial charge in [-0.15, -0.1) is 10.2 Å². The molecule has 0 fully saturated rings. The van der Waals surface area contributed by atoms with E-state index in [-0.39, 0.29) is 11.0 Å². The first kappa shape index (κ1) is 17.0. The minimum Gasteiger partial charge on any atom is -0.360 e. The average molecular weight is 361 g/mol. The van der Waals surface area contributed by atoms with Gasteiger partial charge in [0.1, 0.15) is 0 Å². The van der Waals surface area contributed by atoms with Gasteiger partial charge in [-0.3, -0.25) is 4.79 Å². The minimum absolute atomic E-state index is 0.105. The largest absolute Gasteiger partial charge is 0.360 e. The van der Waals surface area contributed by atoms with Gasteiger partial charge in [0.15, 0.2) is 10.1 Å². The van der Waals surface area contributed by atoms with Crippen LogP contribution in [0.15, 0.2) is 34.8 Å². The molecular formula is C17H20N4OS2. The molecule has 0 aliphatic carbocycles. The van der Waals surface area contributed by atoms with Gasteiger partial charge in [0.2, 0.25) is 5.13 Å². The number of carbonyl (C=O) groups is 1. The molecule has 0 amide bonds. The SMILES string of the molecule is CCCCNc1nnc(S[C@@H](C)C(=O)c2c[nH]c3ccccc23)s1. The quantitative estimate of drug-likeness (QED) is 0.349. The fourth-order valence-corrected chi connectivity index (χ4v) is 4.39. The molecule has 7 heteroatoms. The number of Topliss-reactive ketones (excluding diaryl/α,β-unsaturated/α-hetero) is 1. The molecule has 5 nitrogen and oxygen atoms in total. The van der Waals surface area contributed by atoms with Gasteiger partial charge in [-0.05, 0) is 19.4 Å². The third-order valence-corrected chi connectivity index (χ3v) is 5.78. The van der Waals surface area contributed by atoms with Crippen molar-refractivity contribution in [3.05, 3.63) is 36.0 Å². The lowest BCUT2D eigenvalue weighted by molar-refractivity contribution is 0.0995. The van der Waals surface area contributed by atoms with E-state index in [9.17, 15) is 4.79 Å². The Labute approximate surface area is 149 Å². The van der Waals surface area contributed by atoms with Crippen LogP contribution in [0, 0.1) is 0 Å². The number of nitrogens with one attached hydrogen (secondary N) is 2. The summed E-state index contributed by atoms with van der Waals surface area (Å²) >= 11 is 2.96. The molecule has 0 radical (unpaired) electrons. The van der Waals surface area contributed by atoms with Crippen LogP contribution in [-0.2, 0) is 0 Å². The van der Waals surface area contributed by atoms with Crippen molar-refractivity contribution in [1.29, 1.82) is 0 Å². The van der Waals surface area contributed by atoms with Crippen LogP contribution >= 0.6 is 23.1 Å². The van der Waals surface area contributed by atoms with E-state index in [0.717, 1.165) is 45.3 Å². The van der Waals surface area contributed by atoms with Gasteiger partial charge in [0.25, 0.3) is 0 Å². The third-order valence-electron chi connectivity index (χ3n) is 3.71. The summed E-state index contributed by atoms with van der Waals surface area (Å²) in [5, 5.41) is 13.1. The number of hydrogen-bond donors (Lipinski definition) is 2. The number of benzene rings is 1. The van der Waals surface area contributed by atoms with Crippen LogP contribution in [0.3, 0.4) is 0 Å². The summed E-state index contributed by atoms with van der Waals surface area (Å²) in [4.78, 5) is 15.9. The molecule has 2 N–H and O–H groups in total. The summed E-state index contributed by atoms with van der Waals surface area (Å²) in [6.45, 7) is 4.97. The van der Waals surface area contributed by atoms with Crippen LogP contribution in [0.1, 0.15) is 37.0 Å². The highest BCUT2D eigenvalue weighted by atomic mass is 32.2. The number of ketones is 1. The van der Waals surface area contributed by atoms with Crippen molar-refractivity contribution < 1.29 is 4.79 Å². The van der Waals surface area contributed by atoms with Crippen LogP contribution < -0.4 is 5.32 Å². The zero-order valence-corrected chi connectivity index (χ0v) is 15.3. The number of nitrogens with zero attached hydrogens (tertiary/aromatic N) is 2. The zero-order valence-electron chi connectivity index (χ0n) is 13.7. The molecule has 0 aliphatic rings. The summed E-state index contributed by atoms with van der Waals surface area (Å²) in [5.41, 5.74) is 1.72. The standard InChI is InChI=1S/C17H20N4OS2/c1-3-4-9-18-16-20-21-17(24-16)23-11(2)15(22)13-10-19-14-8-6-5-7-12(13)14/h5-8,10-11,19H,3-4,9H2,1-2H3,(H,18,20)/t11-/m0/s1. The molecule has 1 atom stereocenters. The van der Waals surface area contributed by atoms with Crippen LogP contribution in [0.4, 0.5) is 5.13 Å². The number of carbonyl (C=O) groups excluding carboxylic acids is 1. The highest BCUT2D eigenvalue weighted by molar-refractivity contribution is 8.02. The van der Waals surface area contributed by atoms with E-state index in [2.05, 4.69) is 27.4 Å². The smallest absolute Gasteiger partial charge is 0.206 e. The van der Waals surface area contributed by atoms with Crippen LogP contribution in [0.2, 0.25) is 0 Å². The van der Waals surface area contributed by atoms with Gasteiger partial charge in [-0.2, -0.15) is 0 Å². The number of aromatic amines is 1. The predicted octanol–water partition coefficient (Wildman–Crippen LogP) is 4.59. The molecule has 24 heavy (non-hydrogen) atoms. The maximum Gasteiger partial charge on any atom is 0.206 e. The topological polar surface area (TPSA) is 70.7 Å². The van der Waals surface area contributed by atoms with E-state index in [1.54, 1.807) is 6.20 Å². The van der Waals surface area contributed by atoms with Crippen molar-refractivity contribution >= 4 is 44.9 Å². The van der Waals surface area contributed by atoms with Crippen molar-refractivity contribution in [2.75, 3.05) is 11.9 Å². The molecule has 0 bridgehead atoms. The Morgan fingerprint density at radius 3 is 3.04 bits per heavy atom. The lowest BCUT2D eigenvalue weighted by atomic mass is 10.1. The van der Waals surface area contributed by atoms with Gasteiger partial charge in [-0.25, -0.2) is 0 Å². The number of anilines is 1. The summed E-state index contributed by atoms with van der Waals surface area (Å²) in [6, 6.07) is 7.85. The minimum atomic E-state index is -0.208. The molecule has 0 saturated carbocycles. The Bertz CT molecular complexity index is 827. The van der Waals surface area contributed by atoms with Crippen molar-refractivity contribution in [1.82, 2.24) is 15.2 Å². The van der Waals surface area contributed by atoms with Gasteiger partial charge in [0.05, 0.1) is 5.25 Å². The van der Waals surface area contributed by atoms with Crippen LogP contribution in [-0.4, -0.2) is 32.8 Å². The predicted molar refractivity (Wildman–Crippen MR) is 101 cm³/mol. The van der Waals surface area contributed by atoms with Gasteiger partial charge in [-0.1, -0.05) is 54.6 Å². The van der Waals surface area contributed by atoms with Crippen molar-refractivity contribution in [3.8, 4) is 0 Å². The molecule has 126 valence electrons. The summed E-state index contributed by atoms with van der Waals surface area (Å²) in [5.74, 6) is 0.105. The molecule has 0 aliphatic heterocycles. The number of rotatable bonds is 8. The average Bonchev–Trinajstić information content (AvgIpc) is 3.21. The first-order chi connectivity index (χ1) is 11.7. The lowest BCUT2D eigenvalue weighted by Gasteiger charge is -2.06. The van der Waals surface area contributed by atoms with Crippen LogP contribution in [0.25, 0.3) is 10.9 Å². The summed E-state index contributed by atoms with van der Waals surface area (Å²) < 4.78 is 0.815. The molecule has 0 spiro atoms. The number of H-pyrrole nitrogens is 1. The van der Waals surface area contributed by atoms with E-state index in [1.807, 2.05) is 31.2 Å². The lowest BCUT2D eigenvalue weighted by Crippen LogP contribution is -2.12. The number of para-hydroxylation sites is 1. The number of aromatic nitrogens is 3. The van der Waals surface area contributed by atoms with E-state index in [0.29, 0.717) is 0 Å². The van der Waals surface area contributed by atoms with Crippen molar-refractivity contribution in [2.45, 2.75) is 36.3 Å². The number of thioether (sulfide) groups is 1. The van der Waals surface area contributed by atoms with Crippen LogP contribution in [0.5, 0.6) is 0 Å². The van der Waals surface area contributed by atoms with Crippen molar-refractivity contribution in [2.24, 2.45) is 0 Å². The number of fused-ring (bicyclic) bond motifs is 1. The molecular weight excluding hydrogens is 340 g/mol. The van der Waals surface area contributed by atoms with Gasteiger partial charge in [0, 0.05) is 29.2 Å². The van der Waals surface area contributed by atoms with Crippen molar-refractivity contribution in [3.63, 3.8) is 0 Å². The molecule has 0 saturated heterocycles. The zero-order chi connectivity index (χ0) is 16.9. The third kappa shape index (κ3) is 3.79. The highest BCUT2D eigenvalue weighted by Gasteiger charge is 2.21. The van der Waals surface area contributed by atoms with Gasteiger partial charge < -0.3 is 10.3 Å². The maximum atomic E-state index is 12.7. The normalized spacial score (nSPS) is 12.4. The monoisotopic (exact) mass is 360 g/mol. The van der Waals surface area contributed by atoms with Gasteiger partial charge >= 0.3 is 0 Å². The fraction of sp³-hybridized carbons (Fsp3) is 0.353. The van der Waals surface area contributed by atoms with E-state index in [4.69, 9.17) is 0 Å². The number of unbranched alkanes of at least 4 members (excludes halogenated alkanes) is 1. The second-order valence-corrected chi connectivity index (χ2v) is 8.09. The molecule has 3 aromatic rings. The maximum absolute atomic E-state index is 12.7. The Kier molecular flexibility index (Phi) is 5.52. The Hall–Kier alpha value is -1.86. The molecule has 2 aromatic heterocycles. The first-order valence-electron chi connectivity index (χ1n) is 8.03. The Balaban J connectivity index is 1.66. The Morgan fingerprint density at radius 2 is 2.21 bits per heavy atom. The van der Waals surface area contributed by atoms with E-state index < -0.39 is 0 Å². The van der Waals surface area contributed by atoms with E-state index in [1.165, 1.54) is 23.1 Å². The Morgan fingerprint density at radius 1 is 1.38 bits per heavy atom. The summed E-state index contributed by atoms with van der Waals surface area (Å²) in [7, 11) is 0. The highest BCUT2D eigenvalue weighted by Crippen LogP contribution is 2.31. The molecule has 0 unspecified atom stereocenters.